The van der Waals surface area contributed by atoms with Gasteiger partial charge in [0, 0.05) is 23.6 Å². The summed E-state index contributed by atoms with van der Waals surface area (Å²) >= 11 is 3.47. The molecule has 2 amide bonds. The minimum atomic E-state index is -0.829. The van der Waals surface area contributed by atoms with E-state index in [9.17, 15) is 14.0 Å². The second-order valence-corrected chi connectivity index (χ2v) is 8.23. The van der Waals surface area contributed by atoms with E-state index in [0.717, 1.165) is 15.6 Å². The molecule has 3 aromatic carbocycles. The fraction of sp³-hybridized carbons (Fsp3) is 0.167. The molecule has 1 fully saturated rings. The standard InChI is InChI=1S/C24H20BrFN2O3/c1-15(29)27-19-9-4-6-16(12-19)14-28-22(17-7-5-8-18(25)13-17)23(24(28)30)31-21-11-3-2-10-20(21)26/h2-13,22-23H,14H2,1H3,(H,27,29)/t22-,23+/m0/s1. The third kappa shape index (κ3) is 4.61. The Morgan fingerprint density at radius 2 is 1.87 bits per heavy atom. The molecule has 31 heavy (non-hydrogen) atoms. The van der Waals surface area contributed by atoms with Crippen LogP contribution in [0.15, 0.2) is 77.3 Å². The van der Waals surface area contributed by atoms with Gasteiger partial charge in [0.25, 0.3) is 5.91 Å². The largest absolute Gasteiger partial charge is 0.475 e. The predicted molar refractivity (Wildman–Crippen MR) is 119 cm³/mol. The number of halogens is 2. The van der Waals surface area contributed by atoms with Crippen LogP contribution in [0.1, 0.15) is 24.1 Å². The van der Waals surface area contributed by atoms with Gasteiger partial charge in [-0.05, 0) is 47.5 Å². The van der Waals surface area contributed by atoms with Crippen LogP contribution in [0, 0.1) is 5.82 Å². The van der Waals surface area contributed by atoms with Crippen molar-refractivity contribution in [2.24, 2.45) is 0 Å². The fourth-order valence-electron chi connectivity index (χ4n) is 3.68. The summed E-state index contributed by atoms with van der Waals surface area (Å²) in [5.41, 5.74) is 2.41. The van der Waals surface area contributed by atoms with Crippen LogP contribution in [0.4, 0.5) is 10.1 Å². The molecule has 0 saturated carbocycles. The van der Waals surface area contributed by atoms with E-state index in [4.69, 9.17) is 4.74 Å². The zero-order valence-electron chi connectivity index (χ0n) is 16.7. The Labute approximate surface area is 188 Å². The number of nitrogens with zero attached hydrogens (tertiary/aromatic N) is 1. The molecular weight excluding hydrogens is 463 g/mol. The van der Waals surface area contributed by atoms with E-state index in [0.29, 0.717) is 12.2 Å². The van der Waals surface area contributed by atoms with Crippen LogP contribution in [0.25, 0.3) is 0 Å². The lowest BCUT2D eigenvalue weighted by Crippen LogP contribution is -2.60. The maximum absolute atomic E-state index is 14.1. The van der Waals surface area contributed by atoms with Crippen molar-refractivity contribution in [1.82, 2.24) is 4.90 Å². The highest BCUT2D eigenvalue weighted by atomic mass is 79.9. The molecule has 2 atom stereocenters. The van der Waals surface area contributed by atoms with E-state index in [1.54, 1.807) is 23.1 Å². The Morgan fingerprint density at radius 3 is 2.61 bits per heavy atom. The number of para-hydroxylation sites is 1. The minimum Gasteiger partial charge on any atom is -0.475 e. The second-order valence-electron chi connectivity index (χ2n) is 7.32. The number of likely N-dealkylation sites (tertiary alicyclic amines) is 1. The van der Waals surface area contributed by atoms with Crippen LogP contribution >= 0.6 is 15.9 Å². The van der Waals surface area contributed by atoms with Crippen LogP contribution in [0.3, 0.4) is 0 Å². The first kappa shape index (κ1) is 21.1. The number of hydrogen-bond acceptors (Lipinski definition) is 3. The summed E-state index contributed by atoms with van der Waals surface area (Å²) in [5.74, 6) is -0.849. The monoisotopic (exact) mass is 482 g/mol. The molecule has 1 aliphatic heterocycles. The Morgan fingerprint density at radius 1 is 1.10 bits per heavy atom. The number of nitrogens with one attached hydrogen (secondary N) is 1. The van der Waals surface area contributed by atoms with Crippen LogP contribution < -0.4 is 10.1 Å². The first-order valence-corrected chi connectivity index (χ1v) is 10.6. The van der Waals surface area contributed by atoms with Gasteiger partial charge in [0.2, 0.25) is 12.0 Å². The fourth-order valence-corrected chi connectivity index (χ4v) is 4.09. The summed E-state index contributed by atoms with van der Waals surface area (Å²) in [6.07, 6.45) is -0.829. The summed E-state index contributed by atoms with van der Waals surface area (Å²) in [6, 6.07) is 20.6. The molecule has 1 aliphatic rings. The molecule has 4 rings (SSSR count). The maximum atomic E-state index is 14.1. The van der Waals surface area contributed by atoms with Crippen LogP contribution in [-0.2, 0) is 16.1 Å². The number of ether oxygens (including phenoxy) is 1. The summed E-state index contributed by atoms with van der Waals surface area (Å²) in [6.45, 7) is 1.78. The summed E-state index contributed by atoms with van der Waals surface area (Å²) in [7, 11) is 0. The van der Waals surface area contributed by atoms with Crippen molar-refractivity contribution in [3.63, 3.8) is 0 Å². The van der Waals surface area contributed by atoms with E-state index >= 15 is 0 Å². The van der Waals surface area contributed by atoms with Gasteiger partial charge >= 0.3 is 0 Å². The third-order valence-corrected chi connectivity index (χ3v) is 5.52. The van der Waals surface area contributed by atoms with E-state index in [2.05, 4.69) is 21.2 Å². The highest BCUT2D eigenvalue weighted by molar-refractivity contribution is 9.10. The second kappa shape index (κ2) is 8.89. The number of hydrogen-bond donors (Lipinski definition) is 1. The Balaban J connectivity index is 1.62. The van der Waals surface area contributed by atoms with Gasteiger partial charge < -0.3 is 15.0 Å². The Kier molecular flexibility index (Phi) is 6.04. The van der Waals surface area contributed by atoms with Crippen molar-refractivity contribution in [2.45, 2.75) is 25.6 Å². The van der Waals surface area contributed by atoms with Gasteiger partial charge in [0.05, 0.1) is 0 Å². The SMILES string of the molecule is CC(=O)Nc1cccc(CN2C(=O)[C@H](Oc3ccccc3F)[C@@H]2c2cccc(Br)c2)c1. The average molecular weight is 483 g/mol. The van der Waals surface area contributed by atoms with Gasteiger partial charge in [-0.1, -0.05) is 52.3 Å². The minimum absolute atomic E-state index is 0.0492. The van der Waals surface area contributed by atoms with E-state index in [-0.39, 0.29) is 23.6 Å². The summed E-state index contributed by atoms with van der Waals surface area (Å²) in [4.78, 5) is 26.1. The number of rotatable bonds is 6. The van der Waals surface area contributed by atoms with Gasteiger partial charge in [0.15, 0.2) is 11.6 Å². The molecule has 1 N–H and O–H groups in total. The molecule has 3 aromatic rings. The Bertz CT molecular complexity index is 1140. The first-order valence-electron chi connectivity index (χ1n) is 9.76. The van der Waals surface area contributed by atoms with Gasteiger partial charge in [-0.15, -0.1) is 0 Å². The zero-order chi connectivity index (χ0) is 22.0. The normalized spacial score (nSPS) is 17.8. The molecule has 1 heterocycles. The lowest BCUT2D eigenvalue weighted by molar-refractivity contribution is -0.165. The van der Waals surface area contributed by atoms with E-state index in [1.165, 1.54) is 19.1 Å². The van der Waals surface area contributed by atoms with Crippen molar-refractivity contribution < 1.29 is 18.7 Å². The molecule has 1 saturated heterocycles. The van der Waals surface area contributed by atoms with E-state index < -0.39 is 11.9 Å². The molecule has 7 heteroatoms. The molecule has 0 aromatic heterocycles. The quantitative estimate of drug-likeness (QED) is 0.498. The smallest absolute Gasteiger partial charge is 0.267 e. The van der Waals surface area contributed by atoms with Gasteiger partial charge in [0.1, 0.15) is 6.04 Å². The third-order valence-electron chi connectivity index (χ3n) is 5.03. The van der Waals surface area contributed by atoms with E-state index in [1.807, 2.05) is 42.5 Å². The first-order chi connectivity index (χ1) is 14.9. The molecule has 5 nitrogen and oxygen atoms in total. The summed E-state index contributed by atoms with van der Waals surface area (Å²) < 4.78 is 20.8. The van der Waals surface area contributed by atoms with Crippen molar-refractivity contribution in [3.05, 3.63) is 94.2 Å². The van der Waals surface area contributed by atoms with Gasteiger partial charge in [-0.2, -0.15) is 0 Å². The molecule has 0 unspecified atom stereocenters. The van der Waals surface area contributed by atoms with Crippen LogP contribution in [-0.4, -0.2) is 22.8 Å². The molecule has 0 radical (unpaired) electrons. The zero-order valence-corrected chi connectivity index (χ0v) is 18.3. The molecule has 0 spiro atoms. The molecule has 0 aliphatic carbocycles. The number of β-lactam (4-membered cyclic amide) rings is 1. The molecular formula is C24H20BrFN2O3. The maximum Gasteiger partial charge on any atom is 0.267 e. The summed E-state index contributed by atoms with van der Waals surface area (Å²) in [5, 5.41) is 2.75. The van der Waals surface area contributed by atoms with Crippen molar-refractivity contribution >= 4 is 33.4 Å². The number of carbonyl (C=O) groups is 2. The van der Waals surface area contributed by atoms with Gasteiger partial charge in [-0.3, -0.25) is 9.59 Å². The topological polar surface area (TPSA) is 58.6 Å². The van der Waals surface area contributed by atoms with Crippen molar-refractivity contribution in [3.8, 4) is 5.75 Å². The number of anilines is 1. The van der Waals surface area contributed by atoms with Crippen molar-refractivity contribution in [1.29, 1.82) is 0 Å². The highest BCUT2D eigenvalue weighted by Gasteiger charge is 2.50. The van der Waals surface area contributed by atoms with Gasteiger partial charge in [-0.25, -0.2) is 4.39 Å². The highest BCUT2D eigenvalue weighted by Crippen LogP contribution is 2.40. The average Bonchev–Trinajstić information content (AvgIpc) is 2.73. The Hall–Kier alpha value is -3.19. The molecule has 0 bridgehead atoms. The number of benzene rings is 3. The van der Waals surface area contributed by atoms with Crippen LogP contribution in [0.5, 0.6) is 5.75 Å². The number of amides is 2. The predicted octanol–water partition coefficient (Wildman–Crippen LogP) is 5.08. The van der Waals surface area contributed by atoms with Crippen molar-refractivity contribution in [2.75, 3.05) is 5.32 Å². The lowest BCUT2D eigenvalue weighted by atomic mass is 9.89. The van der Waals surface area contributed by atoms with Crippen LogP contribution in [0.2, 0.25) is 0 Å². The molecule has 158 valence electrons. The number of carbonyl (C=O) groups excluding carboxylic acids is 2. The lowest BCUT2D eigenvalue weighted by Gasteiger charge is -2.47.